The van der Waals surface area contributed by atoms with E-state index < -0.39 is 22.2 Å². The number of carboxylic acid groups (broad SMARTS) is 1. The summed E-state index contributed by atoms with van der Waals surface area (Å²) in [5.74, 6) is -1.30. The Hall–Kier alpha value is -2.28. The Labute approximate surface area is 138 Å². The number of thiazole rings is 1. The molecular weight excluding hydrogens is 316 g/mol. The second-order valence-corrected chi connectivity index (χ2v) is 7.26. The van der Waals surface area contributed by atoms with Gasteiger partial charge in [-0.05, 0) is 23.1 Å². The molecule has 122 valence electrons. The average molecular weight is 334 g/mol. The fourth-order valence-electron chi connectivity index (χ4n) is 2.15. The molecule has 0 aliphatic rings. The number of benzene rings is 1. The molecule has 0 saturated heterocycles. The van der Waals surface area contributed by atoms with E-state index in [1.165, 1.54) is 23.5 Å². The van der Waals surface area contributed by atoms with Crippen molar-refractivity contribution in [1.82, 2.24) is 4.98 Å². The van der Waals surface area contributed by atoms with Gasteiger partial charge in [-0.15, -0.1) is 11.3 Å². The number of non-ortho nitro benzene ring substituents is 1. The number of hydrogen-bond donors (Lipinski definition) is 1. The lowest BCUT2D eigenvalue weighted by Gasteiger charge is -2.27. The first kappa shape index (κ1) is 17.1. The zero-order valence-corrected chi connectivity index (χ0v) is 14.0. The Morgan fingerprint density at radius 1 is 1.39 bits per heavy atom. The smallest absolute Gasteiger partial charge is 0.306 e. The third-order valence-corrected chi connectivity index (χ3v) is 5.11. The molecule has 6 nitrogen and oxygen atoms in total. The number of carbonyl (C=O) groups is 1. The highest BCUT2D eigenvalue weighted by molar-refractivity contribution is 7.15. The number of nitro groups is 1. The number of nitrogens with zero attached hydrogens (tertiary/aromatic N) is 2. The summed E-state index contributed by atoms with van der Waals surface area (Å²) in [6.45, 7) is 5.53. The minimum absolute atomic E-state index is 0.0508. The van der Waals surface area contributed by atoms with Gasteiger partial charge in [-0.2, -0.15) is 0 Å². The van der Waals surface area contributed by atoms with Gasteiger partial charge >= 0.3 is 5.97 Å². The zero-order chi connectivity index (χ0) is 17.2. The largest absolute Gasteiger partial charge is 0.481 e. The van der Waals surface area contributed by atoms with Gasteiger partial charge in [-0.3, -0.25) is 14.9 Å². The molecule has 0 fully saturated rings. The van der Waals surface area contributed by atoms with Crippen molar-refractivity contribution in [1.29, 1.82) is 0 Å². The third-order valence-electron chi connectivity index (χ3n) is 4.07. The van der Waals surface area contributed by atoms with E-state index in [1.54, 1.807) is 25.3 Å². The number of hydrogen-bond acceptors (Lipinski definition) is 5. The second-order valence-electron chi connectivity index (χ2n) is 6.15. The maximum Gasteiger partial charge on any atom is 0.306 e. The quantitative estimate of drug-likeness (QED) is 0.636. The van der Waals surface area contributed by atoms with Crippen LogP contribution in [-0.2, 0) is 11.2 Å². The van der Waals surface area contributed by atoms with Gasteiger partial charge in [0.05, 0.1) is 20.7 Å². The lowest BCUT2D eigenvalue weighted by molar-refractivity contribution is -0.384. The molecule has 0 radical (unpaired) electrons. The summed E-state index contributed by atoms with van der Waals surface area (Å²) < 4.78 is 0. The topological polar surface area (TPSA) is 93.3 Å². The predicted molar refractivity (Wildman–Crippen MR) is 88.5 cm³/mol. The predicted octanol–water partition coefficient (Wildman–Crippen LogP) is 4.01. The van der Waals surface area contributed by atoms with Crippen LogP contribution in [0.4, 0.5) is 5.69 Å². The van der Waals surface area contributed by atoms with E-state index in [9.17, 15) is 20.0 Å². The van der Waals surface area contributed by atoms with Crippen LogP contribution < -0.4 is 0 Å². The molecule has 0 amide bonds. The molecule has 0 saturated carbocycles. The number of nitro benzene ring substituents is 1. The fraction of sp³-hybridized carbons (Fsp3) is 0.375. The Balaban J connectivity index is 2.17. The Bertz CT molecular complexity index is 722. The van der Waals surface area contributed by atoms with Crippen LogP contribution in [-0.4, -0.2) is 21.0 Å². The van der Waals surface area contributed by atoms with Gasteiger partial charge < -0.3 is 5.11 Å². The lowest BCUT2D eigenvalue weighted by atomic mass is 9.77. The van der Waals surface area contributed by atoms with E-state index in [4.69, 9.17) is 0 Å². The van der Waals surface area contributed by atoms with Crippen LogP contribution in [0.2, 0.25) is 0 Å². The molecule has 2 aromatic rings. The molecular formula is C16H18N2O4S. The van der Waals surface area contributed by atoms with Gasteiger partial charge in [0.25, 0.3) is 5.69 Å². The van der Waals surface area contributed by atoms with Crippen molar-refractivity contribution in [3.8, 4) is 10.4 Å². The first-order valence-electron chi connectivity index (χ1n) is 7.13. The molecule has 2 rings (SSSR count). The minimum Gasteiger partial charge on any atom is -0.481 e. The zero-order valence-electron chi connectivity index (χ0n) is 13.1. The van der Waals surface area contributed by atoms with Crippen molar-refractivity contribution in [2.24, 2.45) is 11.3 Å². The molecule has 0 bridgehead atoms. The SMILES string of the molecule is CC(C(=O)O)C(C)(C)Cc1ncc(-c2ccc([N+](=O)[O-])cc2)s1. The van der Waals surface area contributed by atoms with Crippen LogP contribution in [0.1, 0.15) is 25.8 Å². The summed E-state index contributed by atoms with van der Waals surface area (Å²) in [5.41, 5.74) is 0.509. The summed E-state index contributed by atoms with van der Waals surface area (Å²) in [6, 6.07) is 6.32. The standard InChI is InChI=1S/C16H18N2O4S/c1-10(15(19)20)16(2,3)8-14-17-9-13(23-14)11-4-6-12(7-5-11)18(21)22/h4-7,9-10H,8H2,1-3H3,(H,19,20). The van der Waals surface area contributed by atoms with Gasteiger partial charge in [0.15, 0.2) is 0 Å². The molecule has 0 spiro atoms. The minimum atomic E-state index is -0.817. The number of carboxylic acids is 1. The summed E-state index contributed by atoms with van der Waals surface area (Å²) in [4.78, 5) is 26.7. The summed E-state index contributed by atoms with van der Waals surface area (Å²) in [6.07, 6.45) is 2.29. The highest BCUT2D eigenvalue weighted by Crippen LogP contribution is 2.35. The van der Waals surface area contributed by atoms with Crippen molar-refractivity contribution < 1.29 is 14.8 Å². The van der Waals surface area contributed by atoms with E-state index in [0.29, 0.717) is 6.42 Å². The lowest BCUT2D eigenvalue weighted by Crippen LogP contribution is -2.30. The average Bonchev–Trinajstić information content (AvgIpc) is 2.94. The van der Waals surface area contributed by atoms with E-state index in [2.05, 4.69) is 4.98 Å². The Morgan fingerprint density at radius 3 is 2.52 bits per heavy atom. The van der Waals surface area contributed by atoms with Gasteiger partial charge in [0, 0.05) is 24.8 Å². The van der Waals surface area contributed by atoms with Gasteiger partial charge in [-0.25, -0.2) is 4.98 Å². The molecule has 23 heavy (non-hydrogen) atoms. The Kier molecular flexibility index (Phi) is 4.79. The number of aliphatic carboxylic acids is 1. The van der Waals surface area contributed by atoms with Gasteiger partial charge in [0.1, 0.15) is 0 Å². The van der Waals surface area contributed by atoms with Crippen molar-refractivity contribution in [2.45, 2.75) is 27.2 Å². The van der Waals surface area contributed by atoms with E-state index in [0.717, 1.165) is 15.4 Å². The molecule has 1 atom stereocenters. The van der Waals surface area contributed by atoms with Crippen LogP contribution >= 0.6 is 11.3 Å². The van der Waals surface area contributed by atoms with Crippen LogP contribution in [0, 0.1) is 21.4 Å². The van der Waals surface area contributed by atoms with Crippen molar-refractivity contribution in [2.75, 3.05) is 0 Å². The highest BCUT2D eigenvalue weighted by atomic mass is 32.1. The van der Waals surface area contributed by atoms with Crippen molar-refractivity contribution in [3.63, 3.8) is 0 Å². The Morgan fingerprint density at radius 2 is 2.00 bits per heavy atom. The highest BCUT2D eigenvalue weighted by Gasteiger charge is 2.32. The van der Waals surface area contributed by atoms with E-state index in [-0.39, 0.29) is 5.69 Å². The monoisotopic (exact) mass is 334 g/mol. The number of rotatable bonds is 6. The second kappa shape index (κ2) is 6.45. The normalized spacial score (nSPS) is 12.8. The molecule has 1 unspecified atom stereocenters. The third kappa shape index (κ3) is 3.92. The van der Waals surface area contributed by atoms with Crippen LogP contribution in [0.5, 0.6) is 0 Å². The molecule has 1 aromatic heterocycles. The fourth-order valence-corrected chi connectivity index (χ4v) is 3.31. The summed E-state index contributed by atoms with van der Waals surface area (Å²) >= 11 is 1.48. The van der Waals surface area contributed by atoms with Gasteiger partial charge in [-0.1, -0.05) is 20.8 Å². The molecule has 1 heterocycles. The molecule has 0 aliphatic carbocycles. The van der Waals surface area contributed by atoms with E-state index in [1.807, 2.05) is 13.8 Å². The summed E-state index contributed by atoms with van der Waals surface area (Å²) in [7, 11) is 0. The van der Waals surface area contributed by atoms with Crippen LogP contribution in [0.3, 0.4) is 0 Å². The van der Waals surface area contributed by atoms with Crippen molar-refractivity contribution in [3.05, 3.63) is 45.6 Å². The molecule has 1 N–H and O–H groups in total. The maximum absolute atomic E-state index is 11.2. The first-order valence-corrected chi connectivity index (χ1v) is 7.94. The van der Waals surface area contributed by atoms with Crippen LogP contribution in [0.15, 0.2) is 30.5 Å². The van der Waals surface area contributed by atoms with Crippen molar-refractivity contribution >= 4 is 23.0 Å². The van der Waals surface area contributed by atoms with Crippen LogP contribution in [0.25, 0.3) is 10.4 Å². The summed E-state index contributed by atoms with van der Waals surface area (Å²) in [5, 5.41) is 20.7. The first-order chi connectivity index (χ1) is 10.7. The molecule has 0 aliphatic heterocycles. The molecule has 7 heteroatoms. The van der Waals surface area contributed by atoms with E-state index >= 15 is 0 Å². The number of aromatic nitrogens is 1. The molecule has 1 aromatic carbocycles. The maximum atomic E-state index is 11.2. The van der Waals surface area contributed by atoms with Gasteiger partial charge in [0.2, 0.25) is 0 Å².